The fourth-order valence-corrected chi connectivity index (χ4v) is 1.95. The number of esters is 1. The van der Waals surface area contributed by atoms with Gasteiger partial charge in [0.2, 0.25) is 5.01 Å². The summed E-state index contributed by atoms with van der Waals surface area (Å²) in [4.78, 5) is 19.7. The highest BCUT2D eigenvalue weighted by Crippen LogP contribution is 2.21. The molecule has 0 amide bonds. The Bertz CT molecular complexity index is 460. The van der Waals surface area contributed by atoms with E-state index in [0.717, 1.165) is 10.2 Å². The number of hydrogen-bond acceptors (Lipinski definition) is 5. The Kier molecular flexibility index (Phi) is 2.64. The molecular weight excluding hydrogens is 212 g/mol. The molecule has 0 N–H and O–H groups in total. The van der Waals surface area contributed by atoms with Crippen LogP contribution in [-0.4, -0.2) is 22.0 Å². The topological polar surface area (TPSA) is 52.1 Å². The van der Waals surface area contributed by atoms with Gasteiger partial charge in [-0.2, -0.15) is 0 Å². The van der Waals surface area contributed by atoms with E-state index in [0.29, 0.717) is 5.01 Å². The van der Waals surface area contributed by atoms with Crippen molar-refractivity contribution >= 4 is 27.5 Å². The summed E-state index contributed by atoms with van der Waals surface area (Å²) in [6.45, 7) is 3.62. The van der Waals surface area contributed by atoms with Gasteiger partial charge in [-0.1, -0.05) is 0 Å². The van der Waals surface area contributed by atoms with Crippen LogP contribution >= 0.6 is 11.3 Å². The number of fused-ring (bicyclic) bond motifs is 1. The van der Waals surface area contributed by atoms with E-state index in [-0.39, 0.29) is 12.1 Å². The smallest absolute Gasteiger partial charge is 0.367 e. The molecule has 78 valence electrons. The van der Waals surface area contributed by atoms with E-state index < -0.39 is 0 Å². The number of rotatable bonds is 2. The molecule has 0 atom stereocenters. The predicted octanol–water partition coefficient (Wildman–Crippen LogP) is 2.26. The van der Waals surface area contributed by atoms with Crippen LogP contribution in [0, 0.1) is 0 Å². The molecule has 2 aromatic rings. The van der Waals surface area contributed by atoms with E-state index in [9.17, 15) is 4.79 Å². The van der Waals surface area contributed by atoms with Crippen molar-refractivity contribution < 1.29 is 9.53 Å². The molecule has 5 heteroatoms. The van der Waals surface area contributed by atoms with Crippen LogP contribution in [0.15, 0.2) is 18.5 Å². The molecule has 0 aliphatic carbocycles. The lowest BCUT2D eigenvalue weighted by Crippen LogP contribution is -2.11. The van der Waals surface area contributed by atoms with Crippen molar-refractivity contribution in [3.8, 4) is 0 Å². The van der Waals surface area contributed by atoms with Gasteiger partial charge < -0.3 is 4.74 Å². The maximum absolute atomic E-state index is 11.5. The van der Waals surface area contributed by atoms with Crippen LogP contribution in [0.3, 0.4) is 0 Å². The number of aromatic nitrogens is 2. The van der Waals surface area contributed by atoms with Crippen LogP contribution < -0.4 is 0 Å². The quantitative estimate of drug-likeness (QED) is 0.731. The lowest BCUT2D eigenvalue weighted by Gasteiger charge is -2.04. The van der Waals surface area contributed by atoms with Crippen LogP contribution in [0.5, 0.6) is 0 Å². The maximum atomic E-state index is 11.5. The van der Waals surface area contributed by atoms with E-state index in [2.05, 4.69) is 9.97 Å². The number of carbonyl (C=O) groups is 1. The molecule has 0 saturated heterocycles. The van der Waals surface area contributed by atoms with E-state index >= 15 is 0 Å². The second-order valence-electron chi connectivity index (χ2n) is 3.32. The average Bonchev–Trinajstić information content (AvgIpc) is 2.59. The number of hydrogen-bond donors (Lipinski definition) is 0. The summed E-state index contributed by atoms with van der Waals surface area (Å²) in [5, 5.41) is 0.381. The lowest BCUT2D eigenvalue weighted by molar-refractivity contribution is 0.0378. The van der Waals surface area contributed by atoms with Crippen LogP contribution in [0.4, 0.5) is 0 Å². The van der Waals surface area contributed by atoms with Gasteiger partial charge in [-0.25, -0.2) is 9.78 Å². The first-order valence-electron chi connectivity index (χ1n) is 4.58. The average molecular weight is 222 g/mol. The highest BCUT2D eigenvalue weighted by Gasteiger charge is 2.14. The van der Waals surface area contributed by atoms with E-state index in [1.54, 1.807) is 18.5 Å². The third-order valence-corrected chi connectivity index (χ3v) is 2.69. The molecule has 0 saturated carbocycles. The zero-order valence-electron chi connectivity index (χ0n) is 8.43. The number of carbonyl (C=O) groups excluding carboxylic acids is 1. The normalized spacial score (nSPS) is 10.9. The monoisotopic (exact) mass is 222 g/mol. The second kappa shape index (κ2) is 3.94. The van der Waals surface area contributed by atoms with Crippen LogP contribution in [0.25, 0.3) is 10.2 Å². The van der Waals surface area contributed by atoms with Gasteiger partial charge in [-0.15, -0.1) is 11.3 Å². The van der Waals surface area contributed by atoms with Gasteiger partial charge in [-0.05, 0) is 19.9 Å². The minimum atomic E-state index is -0.369. The van der Waals surface area contributed by atoms with Gasteiger partial charge in [0.25, 0.3) is 0 Å². The summed E-state index contributed by atoms with van der Waals surface area (Å²) in [7, 11) is 0. The second-order valence-corrected chi connectivity index (χ2v) is 4.35. The first kappa shape index (κ1) is 10.0. The van der Waals surface area contributed by atoms with Crippen LogP contribution in [-0.2, 0) is 4.74 Å². The van der Waals surface area contributed by atoms with Crippen molar-refractivity contribution in [1.82, 2.24) is 9.97 Å². The first-order chi connectivity index (χ1) is 7.16. The Morgan fingerprint density at radius 2 is 2.33 bits per heavy atom. The highest BCUT2D eigenvalue weighted by atomic mass is 32.1. The Balaban J connectivity index is 2.32. The standard InChI is InChI=1S/C10H10N2O2S/c1-6(2)14-10(13)9-12-7-3-4-11-5-8(7)15-9/h3-6H,1-2H3. The SMILES string of the molecule is CC(C)OC(=O)c1nc2ccncc2s1. The van der Waals surface area contributed by atoms with E-state index in [1.807, 2.05) is 13.8 Å². The van der Waals surface area contributed by atoms with Gasteiger partial charge in [0.15, 0.2) is 0 Å². The van der Waals surface area contributed by atoms with Crippen molar-refractivity contribution in [2.24, 2.45) is 0 Å². The first-order valence-corrected chi connectivity index (χ1v) is 5.40. The minimum absolute atomic E-state index is 0.123. The van der Waals surface area contributed by atoms with E-state index in [4.69, 9.17) is 4.74 Å². The van der Waals surface area contributed by atoms with Gasteiger partial charge in [-0.3, -0.25) is 4.98 Å². The third kappa shape index (κ3) is 2.12. The third-order valence-electron chi connectivity index (χ3n) is 1.71. The molecular formula is C10H10N2O2S. The predicted molar refractivity (Wildman–Crippen MR) is 58.0 cm³/mol. The molecule has 2 aromatic heterocycles. The van der Waals surface area contributed by atoms with Crippen molar-refractivity contribution in [2.45, 2.75) is 20.0 Å². The Morgan fingerprint density at radius 3 is 3.00 bits per heavy atom. The number of nitrogens with zero attached hydrogens (tertiary/aromatic N) is 2. The maximum Gasteiger partial charge on any atom is 0.367 e. The highest BCUT2D eigenvalue weighted by molar-refractivity contribution is 7.20. The molecule has 2 heterocycles. The molecule has 0 bridgehead atoms. The van der Waals surface area contributed by atoms with Gasteiger partial charge in [0.05, 0.1) is 16.3 Å². The largest absolute Gasteiger partial charge is 0.458 e. The van der Waals surface area contributed by atoms with E-state index in [1.165, 1.54) is 11.3 Å². The molecule has 0 radical (unpaired) electrons. The number of thiazole rings is 1. The molecule has 0 spiro atoms. The fraction of sp³-hybridized carbons (Fsp3) is 0.300. The van der Waals surface area contributed by atoms with Gasteiger partial charge in [0.1, 0.15) is 0 Å². The summed E-state index contributed by atoms with van der Waals surface area (Å²) < 4.78 is 5.95. The number of ether oxygens (including phenoxy) is 1. The van der Waals surface area contributed by atoms with Gasteiger partial charge >= 0.3 is 5.97 Å². The fourth-order valence-electron chi connectivity index (χ4n) is 1.13. The molecule has 4 nitrogen and oxygen atoms in total. The lowest BCUT2D eigenvalue weighted by atomic mass is 10.4. The Hall–Kier alpha value is -1.49. The molecule has 0 aliphatic rings. The van der Waals surface area contributed by atoms with Crippen molar-refractivity contribution in [3.63, 3.8) is 0 Å². The Morgan fingerprint density at radius 1 is 1.53 bits per heavy atom. The molecule has 2 rings (SSSR count). The zero-order chi connectivity index (χ0) is 10.8. The summed E-state index contributed by atoms with van der Waals surface area (Å²) in [5.74, 6) is -0.369. The van der Waals surface area contributed by atoms with Crippen LogP contribution in [0.2, 0.25) is 0 Å². The molecule has 0 fully saturated rings. The molecule has 0 unspecified atom stereocenters. The summed E-state index contributed by atoms with van der Waals surface area (Å²) in [6, 6.07) is 1.78. The minimum Gasteiger partial charge on any atom is -0.458 e. The summed E-state index contributed by atoms with van der Waals surface area (Å²) in [6.07, 6.45) is 3.22. The molecule has 0 aromatic carbocycles. The van der Waals surface area contributed by atoms with Crippen molar-refractivity contribution in [2.75, 3.05) is 0 Å². The zero-order valence-corrected chi connectivity index (χ0v) is 9.25. The molecule has 15 heavy (non-hydrogen) atoms. The van der Waals surface area contributed by atoms with Crippen molar-refractivity contribution in [1.29, 1.82) is 0 Å². The Labute approximate surface area is 90.9 Å². The summed E-state index contributed by atoms with van der Waals surface area (Å²) >= 11 is 1.30. The summed E-state index contributed by atoms with van der Waals surface area (Å²) in [5.41, 5.74) is 0.783. The van der Waals surface area contributed by atoms with Gasteiger partial charge in [0, 0.05) is 12.4 Å². The van der Waals surface area contributed by atoms with Crippen LogP contribution in [0.1, 0.15) is 23.6 Å². The molecule has 0 aliphatic heterocycles. The van der Waals surface area contributed by atoms with Crippen molar-refractivity contribution in [3.05, 3.63) is 23.5 Å². The number of pyridine rings is 1.